The van der Waals surface area contributed by atoms with Crippen molar-refractivity contribution < 1.29 is 4.79 Å². The van der Waals surface area contributed by atoms with E-state index < -0.39 is 0 Å². The van der Waals surface area contributed by atoms with Crippen LogP contribution in [0.3, 0.4) is 0 Å². The van der Waals surface area contributed by atoms with Gasteiger partial charge in [-0.05, 0) is 17.9 Å². The summed E-state index contributed by atoms with van der Waals surface area (Å²) in [4.78, 5) is 14.8. The first-order chi connectivity index (χ1) is 9.65. The van der Waals surface area contributed by atoms with Crippen molar-refractivity contribution in [1.29, 1.82) is 0 Å². The fourth-order valence-electron chi connectivity index (χ4n) is 2.57. The van der Waals surface area contributed by atoms with Crippen molar-refractivity contribution in [3.8, 4) is 0 Å². The van der Waals surface area contributed by atoms with Gasteiger partial charge in [-0.3, -0.25) is 4.79 Å². The van der Waals surface area contributed by atoms with Gasteiger partial charge >= 0.3 is 0 Å². The number of amides is 1. The van der Waals surface area contributed by atoms with Crippen molar-refractivity contribution in [2.45, 2.75) is 39.5 Å². The van der Waals surface area contributed by atoms with Crippen LogP contribution in [0.4, 0.5) is 0 Å². The highest BCUT2D eigenvalue weighted by molar-refractivity contribution is 5.84. The number of hydrogen-bond donors (Lipinski definition) is 1. The van der Waals surface area contributed by atoms with Gasteiger partial charge in [0.05, 0.1) is 5.92 Å². The van der Waals surface area contributed by atoms with Crippen LogP contribution in [0.1, 0.15) is 45.1 Å². The van der Waals surface area contributed by atoms with Gasteiger partial charge in [-0.15, -0.1) is 0 Å². The average molecular weight is 276 g/mol. The molecule has 0 spiro atoms. The molecule has 0 aromatic heterocycles. The molecule has 0 fully saturated rings. The van der Waals surface area contributed by atoms with E-state index in [1.54, 1.807) is 0 Å². The van der Waals surface area contributed by atoms with Crippen molar-refractivity contribution in [2.75, 3.05) is 19.6 Å². The maximum atomic E-state index is 12.9. The Morgan fingerprint density at radius 2 is 1.85 bits per heavy atom. The predicted octanol–water partition coefficient (Wildman–Crippen LogP) is 3.01. The van der Waals surface area contributed by atoms with E-state index in [1.807, 2.05) is 23.1 Å². The number of carbonyl (C=O) groups excluding carboxylic acids is 1. The molecule has 1 amide bonds. The van der Waals surface area contributed by atoms with E-state index in [2.05, 4.69) is 32.9 Å². The third kappa shape index (κ3) is 4.34. The van der Waals surface area contributed by atoms with Gasteiger partial charge in [0.2, 0.25) is 5.91 Å². The summed E-state index contributed by atoms with van der Waals surface area (Å²) in [6.07, 6.45) is 1.96. The lowest BCUT2D eigenvalue weighted by molar-refractivity contribution is -0.134. The maximum absolute atomic E-state index is 12.9. The lowest BCUT2D eigenvalue weighted by atomic mass is 9.84. The van der Waals surface area contributed by atoms with E-state index in [4.69, 9.17) is 5.73 Å². The molecule has 0 aliphatic heterocycles. The van der Waals surface area contributed by atoms with Crippen LogP contribution < -0.4 is 5.73 Å². The number of rotatable bonds is 8. The first-order valence-corrected chi connectivity index (χ1v) is 7.69. The van der Waals surface area contributed by atoms with Crippen LogP contribution in [-0.4, -0.2) is 30.4 Å². The Balaban J connectivity index is 3.00. The second-order valence-electron chi connectivity index (χ2n) is 5.39. The lowest BCUT2D eigenvalue weighted by Crippen LogP contribution is -2.40. The summed E-state index contributed by atoms with van der Waals surface area (Å²) in [5.41, 5.74) is 6.77. The number of nitrogens with zero attached hydrogens (tertiary/aromatic N) is 1. The van der Waals surface area contributed by atoms with Gasteiger partial charge in [0, 0.05) is 19.6 Å². The molecule has 0 saturated carbocycles. The predicted molar refractivity (Wildman–Crippen MR) is 84.6 cm³/mol. The van der Waals surface area contributed by atoms with E-state index in [9.17, 15) is 4.79 Å². The van der Waals surface area contributed by atoms with Crippen LogP contribution in [0, 0.1) is 5.92 Å². The van der Waals surface area contributed by atoms with Crippen LogP contribution in [0.2, 0.25) is 0 Å². The smallest absolute Gasteiger partial charge is 0.230 e. The van der Waals surface area contributed by atoms with Crippen molar-refractivity contribution >= 4 is 5.91 Å². The quantitative estimate of drug-likeness (QED) is 0.793. The van der Waals surface area contributed by atoms with E-state index in [-0.39, 0.29) is 11.8 Å². The SMILES string of the molecule is CCCN(CCN)C(=O)C(c1ccccc1)C(C)CC. The van der Waals surface area contributed by atoms with Gasteiger partial charge in [0.25, 0.3) is 0 Å². The molecule has 0 radical (unpaired) electrons. The van der Waals surface area contributed by atoms with Gasteiger partial charge in [0.1, 0.15) is 0 Å². The largest absolute Gasteiger partial charge is 0.341 e. The standard InChI is InChI=1S/C17H28N2O/c1-4-12-19(13-11-18)17(20)16(14(3)5-2)15-9-7-6-8-10-15/h6-10,14,16H,4-5,11-13,18H2,1-3H3. The second-order valence-corrected chi connectivity index (χ2v) is 5.39. The molecule has 0 heterocycles. The zero-order valence-electron chi connectivity index (χ0n) is 13.0. The summed E-state index contributed by atoms with van der Waals surface area (Å²) in [5.74, 6) is 0.499. The molecule has 1 aromatic rings. The molecule has 2 atom stereocenters. The molecular formula is C17H28N2O. The monoisotopic (exact) mass is 276 g/mol. The first-order valence-electron chi connectivity index (χ1n) is 7.69. The van der Waals surface area contributed by atoms with Crippen molar-refractivity contribution in [2.24, 2.45) is 11.7 Å². The Bertz CT molecular complexity index is 385. The molecule has 112 valence electrons. The molecule has 0 saturated heterocycles. The summed E-state index contributed by atoms with van der Waals surface area (Å²) in [6.45, 7) is 8.34. The minimum atomic E-state index is -0.0562. The van der Waals surface area contributed by atoms with Crippen molar-refractivity contribution in [3.05, 3.63) is 35.9 Å². The number of hydrogen-bond acceptors (Lipinski definition) is 2. The Morgan fingerprint density at radius 1 is 1.20 bits per heavy atom. The Morgan fingerprint density at radius 3 is 2.35 bits per heavy atom. The van der Waals surface area contributed by atoms with Gasteiger partial charge in [-0.2, -0.15) is 0 Å². The van der Waals surface area contributed by atoms with Gasteiger partial charge in [0.15, 0.2) is 0 Å². The zero-order chi connectivity index (χ0) is 15.0. The van der Waals surface area contributed by atoms with Crippen molar-refractivity contribution in [1.82, 2.24) is 4.90 Å². The highest BCUT2D eigenvalue weighted by atomic mass is 16.2. The third-order valence-electron chi connectivity index (χ3n) is 3.84. The molecule has 1 rings (SSSR count). The Hall–Kier alpha value is -1.35. The maximum Gasteiger partial charge on any atom is 0.230 e. The van der Waals surface area contributed by atoms with E-state index >= 15 is 0 Å². The fourth-order valence-corrected chi connectivity index (χ4v) is 2.57. The van der Waals surface area contributed by atoms with Crippen molar-refractivity contribution in [3.63, 3.8) is 0 Å². The van der Waals surface area contributed by atoms with Crippen LogP contribution in [0.15, 0.2) is 30.3 Å². The number of nitrogens with two attached hydrogens (primary N) is 1. The molecule has 1 aromatic carbocycles. The molecule has 0 aliphatic carbocycles. The van der Waals surface area contributed by atoms with Crippen LogP contribution in [0.25, 0.3) is 0 Å². The third-order valence-corrected chi connectivity index (χ3v) is 3.84. The van der Waals surface area contributed by atoms with Gasteiger partial charge < -0.3 is 10.6 Å². The first kappa shape index (κ1) is 16.7. The zero-order valence-corrected chi connectivity index (χ0v) is 13.0. The highest BCUT2D eigenvalue weighted by Gasteiger charge is 2.29. The summed E-state index contributed by atoms with van der Waals surface area (Å²) < 4.78 is 0. The fraction of sp³-hybridized carbons (Fsp3) is 0.588. The molecule has 0 aliphatic rings. The van der Waals surface area contributed by atoms with E-state index in [0.29, 0.717) is 19.0 Å². The normalized spacial score (nSPS) is 13.8. The summed E-state index contributed by atoms with van der Waals surface area (Å²) >= 11 is 0. The molecule has 0 bridgehead atoms. The summed E-state index contributed by atoms with van der Waals surface area (Å²) in [6, 6.07) is 10.1. The lowest BCUT2D eigenvalue weighted by Gasteiger charge is -2.30. The van der Waals surface area contributed by atoms with Crippen LogP contribution in [-0.2, 0) is 4.79 Å². The number of carbonyl (C=O) groups is 1. The molecule has 3 heteroatoms. The van der Waals surface area contributed by atoms with E-state index in [0.717, 1.165) is 24.9 Å². The molecule has 20 heavy (non-hydrogen) atoms. The molecule has 2 N–H and O–H groups in total. The minimum absolute atomic E-state index is 0.0562. The van der Waals surface area contributed by atoms with E-state index in [1.165, 1.54) is 0 Å². The minimum Gasteiger partial charge on any atom is -0.341 e. The Labute approximate surface area is 123 Å². The number of benzene rings is 1. The van der Waals surface area contributed by atoms with Crippen LogP contribution >= 0.6 is 0 Å². The molecule has 3 nitrogen and oxygen atoms in total. The van der Waals surface area contributed by atoms with Gasteiger partial charge in [-0.1, -0.05) is 57.5 Å². The van der Waals surface area contributed by atoms with Crippen LogP contribution in [0.5, 0.6) is 0 Å². The summed E-state index contributed by atoms with van der Waals surface area (Å²) in [7, 11) is 0. The second kappa shape index (κ2) is 8.75. The average Bonchev–Trinajstić information content (AvgIpc) is 2.48. The molecular weight excluding hydrogens is 248 g/mol. The topological polar surface area (TPSA) is 46.3 Å². The van der Waals surface area contributed by atoms with Gasteiger partial charge in [-0.25, -0.2) is 0 Å². The molecule has 2 unspecified atom stereocenters. The Kier molecular flexibility index (Phi) is 7.31. The highest BCUT2D eigenvalue weighted by Crippen LogP contribution is 2.29. The summed E-state index contributed by atoms with van der Waals surface area (Å²) in [5, 5.41) is 0.